The minimum Gasteiger partial charge on any atom is -0.341 e. The molecule has 0 bridgehead atoms. The Hall–Kier alpha value is -3.44. The standard InChI is InChI=1S/C19H16N4O3S/c1-3-12-20-19(24)16-8-10-17(11-9-16)27(25,26)23-13-21-18(22-23)15-6-4-14(2)5-7-15/h1,4-11,13H,12H2,2H3,(H,20,24). The maximum Gasteiger partial charge on any atom is 0.284 e. The number of nitrogens with zero attached hydrogens (tertiary/aromatic N) is 3. The van der Waals surface area contributed by atoms with Crippen molar-refractivity contribution in [1.82, 2.24) is 19.5 Å². The summed E-state index contributed by atoms with van der Waals surface area (Å²) in [5, 5.41) is 6.58. The van der Waals surface area contributed by atoms with Gasteiger partial charge in [0, 0.05) is 11.1 Å². The quantitative estimate of drug-likeness (QED) is 0.682. The van der Waals surface area contributed by atoms with Gasteiger partial charge >= 0.3 is 0 Å². The zero-order valence-corrected chi connectivity index (χ0v) is 15.3. The lowest BCUT2D eigenvalue weighted by Gasteiger charge is -2.05. The number of hydrogen-bond donors (Lipinski definition) is 1. The highest BCUT2D eigenvalue weighted by atomic mass is 32.2. The molecule has 1 heterocycles. The van der Waals surface area contributed by atoms with Crippen molar-refractivity contribution in [1.29, 1.82) is 0 Å². The van der Waals surface area contributed by atoms with Gasteiger partial charge in [-0.1, -0.05) is 35.7 Å². The predicted octanol–water partition coefficient (Wildman–Crippen LogP) is 1.85. The van der Waals surface area contributed by atoms with Gasteiger partial charge in [-0.3, -0.25) is 4.79 Å². The minimum atomic E-state index is -3.91. The van der Waals surface area contributed by atoms with Crippen LogP contribution < -0.4 is 5.32 Å². The van der Waals surface area contributed by atoms with E-state index < -0.39 is 10.0 Å². The average Bonchev–Trinajstić information content (AvgIpc) is 3.18. The lowest BCUT2D eigenvalue weighted by Crippen LogP contribution is -2.23. The first-order valence-corrected chi connectivity index (χ1v) is 9.42. The second-order valence-electron chi connectivity index (χ2n) is 5.72. The van der Waals surface area contributed by atoms with Gasteiger partial charge in [0.1, 0.15) is 6.33 Å². The number of terminal acetylenes is 1. The van der Waals surface area contributed by atoms with Crippen LogP contribution in [-0.2, 0) is 10.0 Å². The van der Waals surface area contributed by atoms with Crippen LogP contribution in [0.25, 0.3) is 11.4 Å². The minimum absolute atomic E-state index is 0.00337. The van der Waals surface area contributed by atoms with Crippen LogP contribution in [-0.4, -0.2) is 35.0 Å². The predicted molar refractivity (Wildman–Crippen MR) is 100 cm³/mol. The average molecular weight is 380 g/mol. The number of benzene rings is 2. The summed E-state index contributed by atoms with van der Waals surface area (Å²) in [6, 6.07) is 13.0. The Kier molecular flexibility index (Phi) is 5.05. The molecular formula is C19H16N4O3S. The Bertz CT molecular complexity index is 1110. The van der Waals surface area contributed by atoms with Crippen molar-refractivity contribution >= 4 is 15.9 Å². The number of rotatable bonds is 5. The highest BCUT2D eigenvalue weighted by molar-refractivity contribution is 7.89. The molecule has 1 N–H and O–H groups in total. The number of hydrogen-bond acceptors (Lipinski definition) is 5. The Morgan fingerprint density at radius 2 is 1.81 bits per heavy atom. The first kappa shape index (κ1) is 18.4. The largest absolute Gasteiger partial charge is 0.341 e. The van der Waals surface area contributed by atoms with Gasteiger partial charge in [0.2, 0.25) is 0 Å². The molecule has 0 spiro atoms. The van der Waals surface area contributed by atoms with Crippen molar-refractivity contribution in [3.63, 3.8) is 0 Å². The SMILES string of the molecule is C#CCNC(=O)c1ccc(S(=O)(=O)n2cnc(-c3ccc(C)cc3)n2)cc1. The van der Waals surface area contributed by atoms with Crippen LogP contribution in [0.4, 0.5) is 0 Å². The number of nitrogens with one attached hydrogen (secondary N) is 1. The molecule has 1 aromatic heterocycles. The third kappa shape index (κ3) is 3.88. The summed E-state index contributed by atoms with van der Waals surface area (Å²) in [6.45, 7) is 2.05. The molecule has 0 radical (unpaired) electrons. The summed E-state index contributed by atoms with van der Waals surface area (Å²) in [4.78, 5) is 15.9. The summed E-state index contributed by atoms with van der Waals surface area (Å²) in [6.07, 6.45) is 6.24. The molecule has 3 rings (SSSR count). The van der Waals surface area contributed by atoms with E-state index in [-0.39, 0.29) is 17.3 Å². The van der Waals surface area contributed by atoms with Crippen LogP contribution in [0.3, 0.4) is 0 Å². The van der Waals surface area contributed by atoms with Gasteiger partial charge < -0.3 is 5.32 Å². The van der Waals surface area contributed by atoms with Crippen molar-refractivity contribution < 1.29 is 13.2 Å². The van der Waals surface area contributed by atoms with E-state index in [4.69, 9.17) is 6.42 Å². The number of carbonyl (C=O) groups is 1. The number of carbonyl (C=O) groups excluding carboxylic acids is 1. The zero-order valence-electron chi connectivity index (χ0n) is 14.5. The van der Waals surface area contributed by atoms with Crippen molar-refractivity contribution in [3.8, 4) is 23.7 Å². The topological polar surface area (TPSA) is 94.0 Å². The molecule has 0 atom stereocenters. The molecule has 0 aliphatic heterocycles. The van der Waals surface area contributed by atoms with E-state index in [9.17, 15) is 13.2 Å². The number of amides is 1. The van der Waals surface area contributed by atoms with Crippen LogP contribution >= 0.6 is 0 Å². The normalized spacial score (nSPS) is 11.0. The van der Waals surface area contributed by atoms with Crippen LogP contribution in [0.5, 0.6) is 0 Å². The molecular weight excluding hydrogens is 364 g/mol. The molecule has 7 nitrogen and oxygen atoms in total. The van der Waals surface area contributed by atoms with Crippen LogP contribution in [0.2, 0.25) is 0 Å². The van der Waals surface area contributed by atoms with Crippen molar-refractivity contribution in [2.45, 2.75) is 11.8 Å². The fraction of sp³-hybridized carbons (Fsp3) is 0.105. The molecule has 0 aliphatic rings. The summed E-state index contributed by atoms with van der Waals surface area (Å²) in [5.41, 5.74) is 2.11. The van der Waals surface area contributed by atoms with E-state index in [0.717, 1.165) is 21.5 Å². The summed E-state index contributed by atoms with van der Waals surface area (Å²) < 4.78 is 26.3. The molecule has 8 heteroatoms. The molecule has 0 aliphatic carbocycles. The molecule has 2 aromatic carbocycles. The second-order valence-corrected chi connectivity index (χ2v) is 7.52. The van der Waals surface area contributed by atoms with Crippen LogP contribution in [0, 0.1) is 19.3 Å². The number of aromatic nitrogens is 3. The third-order valence-electron chi connectivity index (χ3n) is 3.79. The van der Waals surface area contributed by atoms with E-state index in [1.807, 2.05) is 31.2 Å². The maximum absolute atomic E-state index is 12.7. The van der Waals surface area contributed by atoms with E-state index in [0.29, 0.717) is 11.4 Å². The Balaban J connectivity index is 1.85. The molecule has 1 amide bonds. The lowest BCUT2D eigenvalue weighted by atomic mass is 10.1. The second kappa shape index (κ2) is 7.43. The molecule has 136 valence electrons. The Labute approximate surface area is 157 Å². The molecule has 3 aromatic rings. The van der Waals surface area contributed by atoms with Gasteiger partial charge in [0.15, 0.2) is 5.82 Å². The molecule has 0 unspecified atom stereocenters. The summed E-state index contributed by atoms with van der Waals surface area (Å²) >= 11 is 0. The molecule has 0 saturated heterocycles. The van der Waals surface area contributed by atoms with Gasteiger partial charge in [-0.25, -0.2) is 4.98 Å². The maximum atomic E-state index is 12.7. The van der Waals surface area contributed by atoms with Gasteiger partial charge in [-0.15, -0.1) is 15.6 Å². The summed E-state index contributed by atoms with van der Waals surface area (Å²) in [5.74, 6) is 2.23. The third-order valence-corrected chi connectivity index (χ3v) is 5.33. The summed E-state index contributed by atoms with van der Waals surface area (Å²) in [7, 11) is -3.91. The zero-order chi connectivity index (χ0) is 19.4. The smallest absolute Gasteiger partial charge is 0.284 e. The van der Waals surface area contributed by atoms with E-state index in [1.54, 1.807) is 0 Å². The van der Waals surface area contributed by atoms with E-state index in [2.05, 4.69) is 21.3 Å². The Morgan fingerprint density at radius 1 is 1.15 bits per heavy atom. The van der Waals surface area contributed by atoms with E-state index in [1.165, 1.54) is 24.3 Å². The molecule has 27 heavy (non-hydrogen) atoms. The van der Waals surface area contributed by atoms with Gasteiger partial charge in [-0.2, -0.15) is 8.42 Å². The first-order chi connectivity index (χ1) is 12.9. The van der Waals surface area contributed by atoms with Gasteiger partial charge in [-0.05, 0) is 31.2 Å². The fourth-order valence-electron chi connectivity index (χ4n) is 2.32. The first-order valence-electron chi connectivity index (χ1n) is 7.98. The van der Waals surface area contributed by atoms with Crippen LogP contribution in [0.1, 0.15) is 15.9 Å². The monoisotopic (exact) mass is 380 g/mol. The van der Waals surface area contributed by atoms with E-state index >= 15 is 0 Å². The lowest BCUT2D eigenvalue weighted by molar-refractivity contribution is 0.0958. The molecule has 0 saturated carbocycles. The van der Waals surface area contributed by atoms with Crippen molar-refractivity contribution in [2.24, 2.45) is 0 Å². The fourth-order valence-corrected chi connectivity index (χ4v) is 3.37. The highest BCUT2D eigenvalue weighted by Crippen LogP contribution is 2.18. The molecule has 0 fully saturated rings. The Morgan fingerprint density at radius 3 is 2.44 bits per heavy atom. The van der Waals surface area contributed by atoms with Crippen LogP contribution in [0.15, 0.2) is 59.8 Å². The van der Waals surface area contributed by atoms with Crippen molar-refractivity contribution in [3.05, 3.63) is 66.0 Å². The van der Waals surface area contributed by atoms with Gasteiger partial charge in [0.05, 0.1) is 11.4 Å². The van der Waals surface area contributed by atoms with Gasteiger partial charge in [0.25, 0.3) is 15.9 Å². The van der Waals surface area contributed by atoms with Crippen molar-refractivity contribution in [2.75, 3.05) is 6.54 Å². The highest BCUT2D eigenvalue weighted by Gasteiger charge is 2.20. The number of aryl methyl sites for hydroxylation is 1.